The van der Waals surface area contributed by atoms with Gasteiger partial charge in [-0.1, -0.05) is 0 Å². The number of aromatic nitrogens is 2. The number of hydrogen-bond acceptors (Lipinski definition) is 4. The first kappa shape index (κ1) is 12.5. The van der Waals surface area contributed by atoms with Gasteiger partial charge in [0, 0.05) is 24.4 Å². The van der Waals surface area contributed by atoms with E-state index < -0.39 is 0 Å². The fourth-order valence-electron chi connectivity index (χ4n) is 2.90. The van der Waals surface area contributed by atoms with Crippen molar-refractivity contribution in [3.63, 3.8) is 0 Å². The van der Waals surface area contributed by atoms with Crippen molar-refractivity contribution in [1.82, 2.24) is 14.9 Å². The van der Waals surface area contributed by atoms with E-state index >= 15 is 0 Å². The molecule has 1 aromatic heterocycles. The van der Waals surface area contributed by atoms with Gasteiger partial charge < -0.3 is 10.2 Å². The molecule has 2 heterocycles. The van der Waals surface area contributed by atoms with Crippen molar-refractivity contribution in [3.8, 4) is 0 Å². The standard InChI is InChI=1S/C15H15FN4O/c16-9-1-4-13-12(5-9)15(18-8-17-13)19-10-6-14(21)20(7-10)11-2-3-11/h1,4-5,8,10-11H,2-3,6-7H2,(H,17,18,19). The molecule has 1 aromatic carbocycles. The maximum absolute atomic E-state index is 13.4. The minimum atomic E-state index is -0.317. The summed E-state index contributed by atoms with van der Waals surface area (Å²) >= 11 is 0. The van der Waals surface area contributed by atoms with Crippen LogP contribution in [-0.2, 0) is 4.79 Å². The summed E-state index contributed by atoms with van der Waals surface area (Å²) < 4.78 is 13.4. The van der Waals surface area contributed by atoms with E-state index in [2.05, 4.69) is 15.3 Å². The van der Waals surface area contributed by atoms with Crippen LogP contribution in [0.25, 0.3) is 10.9 Å². The number of rotatable bonds is 3. The van der Waals surface area contributed by atoms with Crippen LogP contribution in [0.4, 0.5) is 10.2 Å². The van der Waals surface area contributed by atoms with Crippen LogP contribution in [0.3, 0.4) is 0 Å². The summed E-state index contributed by atoms with van der Waals surface area (Å²) in [6.07, 6.45) is 4.15. The number of hydrogen-bond donors (Lipinski definition) is 1. The molecule has 1 unspecified atom stereocenters. The molecular weight excluding hydrogens is 271 g/mol. The Morgan fingerprint density at radius 3 is 2.95 bits per heavy atom. The number of nitrogens with one attached hydrogen (secondary N) is 1. The number of carbonyl (C=O) groups is 1. The molecule has 0 spiro atoms. The van der Waals surface area contributed by atoms with Crippen molar-refractivity contribution < 1.29 is 9.18 Å². The molecule has 2 aliphatic rings. The fourth-order valence-corrected chi connectivity index (χ4v) is 2.90. The summed E-state index contributed by atoms with van der Waals surface area (Å²) in [6.45, 7) is 0.699. The first-order valence-corrected chi connectivity index (χ1v) is 7.17. The summed E-state index contributed by atoms with van der Waals surface area (Å²) in [7, 11) is 0. The lowest BCUT2D eigenvalue weighted by molar-refractivity contribution is -0.128. The van der Waals surface area contributed by atoms with Crippen molar-refractivity contribution in [3.05, 3.63) is 30.3 Å². The van der Waals surface area contributed by atoms with Crippen LogP contribution >= 0.6 is 0 Å². The third kappa shape index (κ3) is 2.30. The SMILES string of the molecule is O=C1CC(Nc2ncnc3ccc(F)cc23)CN1C1CC1. The van der Waals surface area contributed by atoms with Crippen LogP contribution in [0.5, 0.6) is 0 Å². The maximum atomic E-state index is 13.4. The number of nitrogens with zero attached hydrogens (tertiary/aromatic N) is 3. The predicted molar refractivity (Wildman–Crippen MR) is 76.3 cm³/mol. The lowest BCUT2D eigenvalue weighted by Gasteiger charge is -2.17. The zero-order valence-corrected chi connectivity index (χ0v) is 11.4. The highest BCUT2D eigenvalue weighted by atomic mass is 19.1. The first-order chi connectivity index (χ1) is 10.2. The molecule has 0 bridgehead atoms. The average Bonchev–Trinajstić information content (AvgIpc) is 3.24. The predicted octanol–water partition coefficient (Wildman–Crippen LogP) is 1.94. The van der Waals surface area contributed by atoms with Crippen LogP contribution in [0, 0.1) is 5.82 Å². The second-order valence-corrected chi connectivity index (χ2v) is 5.71. The van der Waals surface area contributed by atoms with Gasteiger partial charge in [-0.25, -0.2) is 14.4 Å². The number of anilines is 1. The lowest BCUT2D eigenvalue weighted by atomic mass is 10.2. The zero-order valence-electron chi connectivity index (χ0n) is 11.4. The van der Waals surface area contributed by atoms with Crippen LogP contribution in [-0.4, -0.2) is 39.4 Å². The van der Waals surface area contributed by atoms with Crippen molar-refractivity contribution in [1.29, 1.82) is 0 Å². The molecule has 1 amide bonds. The summed E-state index contributed by atoms with van der Waals surface area (Å²) in [5.74, 6) is 0.469. The number of benzene rings is 1. The second kappa shape index (κ2) is 4.65. The van der Waals surface area contributed by atoms with E-state index in [-0.39, 0.29) is 17.8 Å². The van der Waals surface area contributed by atoms with Crippen molar-refractivity contribution >= 4 is 22.6 Å². The topological polar surface area (TPSA) is 58.1 Å². The van der Waals surface area contributed by atoms with E-state index in [1.54, 1.807) is 6.07 Å². The Kier molecular flexibility index (Phi) is 2.77. The third-order valence-corrected chi connectivity index (χ3v) is 4.08. The van der Waals surface area contributed by atoms with Gasteiger partial charge in [-0.05, 0) is 31.0 Å². The smallest absolute Gasteiger partial charge is 0.225 e. The number of amides is 1. The zero-order chi connectivity index (χ0) is 14.4. The largest absolute Gasteiger partial charge is 0.364 e. The quantitative estimate of drug-likeness (QED) is 0.937. The molecule has 6 heteroatoms. The van der Waals surface area contributed by atoms with Crippen LogP contribution in [0.1, 0.15) is 19.3 Å². The first-order valence-electron chi connectivity index (χ1n) is 7.17. The van der Waals surface area contributed by atoms with Gasteiger partial charge in [0.05, 0.1) is 11.6 Å². The molecule has 1 aliphatic heterocycles. The Bertz CT molecular complexity index is 716. The van der Waals surface area contributed by atoms with E-state index in [4.69, 9.17) is 0 Å². The van der Waals surface area contributed by atoms with E-state index in [9.17, 15) is 9.18 Å². The normalized spacial score (nSPS) is 22.0. The van der Waals surface area contributed by atoms with Gasteiger partial charge >= 0.3 is 0 Å². The van der Waals surface area contributed by atoms with Gasteiger partial charge in [0.25, 0.3) is 0 Å². The van der Waals surface area contributed by atoms with Gasteiger partial charge in [0.2, 0.25) is 5.91 Å². The number of fused-ring (bicyclic) bond motifs is 1. The van der Waals surface area contributed by atoms with E-state index in [0.717, 1.165) is 12.8 Å². The fraction of sp³-hybridized carbons (Fsp3) is 0.400. The molecule has 108 valence electrons. The summed E-state index contributed by atoms with van der Waals surface area (Å²) in [5.41, 5.74) is 0.692. The summed E-state index contributed by atoms with van der Waals surface area (Å²) in [5, 5.41) is 3.92. The molecule has 4 rings (SSSR count). The van der Waals surface area contributed by atoms with Gasteiger partial charge in [0.1, 0.15) is 18.0 Å². The second-order valence-electron chi connectivity index (χ2n) is 5.71. The average molecular weight is 286 g/mol. The van der Waals surface area contributed by atoms with Crippen LogP contribution in [0.15, 0.2) is 24.5 Å². The van der Waals surface area contributed by atoms with Crippen molar-refractivity contribution in [2.75, 3.05) is 11.9 Å². The summed E-state index contributed by atoms with van der Waals surface area (Å²) in [6, 6.07) is 4.90. The molecular formula is C15H15FN4O. The molecule has 2 aromatic rings. The molecule has 1 atom stereocenters. The monoisotopic (exact) mass is 286 g/mol. The molecule has 2 fully saturated rings. The molecule has 1 saturated carbocycles. The van der Waals surface area contributed by atoms with Gasteiger partial charge in [0.15, 0.2) is 0 Å². The Morgan fingerprint density at radius 1 is 1.29 bits per heavy atom. The Hall–Kier alpha value is -2.24. The third-order valence-electron chi connectivity index (χ3n) is 4.08. The van der Waals surface area contributed by atoms with E-state index in [1.807, 2.05) is 4.90 Å². The molecule has 1 aliphatic carbocycles. The Morgan fingerprint density at radius 2 is 2.14 bits per heavy atom. The highest BCUT2D eigenvalue weighted by Gasteiger charge is 2.39. The van der Waals surface area contributed by atoms with Gasteiger partial charge in [-0.15, -0.1) is 0 Å². The number of halogens is 1. The minimum absolute atomic E-state index is 0.0273. The number of likely N-dealkylation sites (tertiary alicyclic amines) is 1. The molecule has 5 nitrogen and oxygen atoms in total. The van der Waals surface area contributed by atoms with Crippen molar-refractivity contribution in [2.45, 2.75) is 31.3 Å². The summed E-state index contributed by atoms with van der Waals surface area (Å²) in [4.78, 5) is 22.2. The number of carbonyl (C=O) groups excluding carboxylic acids is 1. The Balaban J connectivity index is 1.60. The Labute approximate surface area is 121 Å². The molecule has 21 heavy (non-hydrogen) atoms. The van der Waals surface area contributed by atoms with Gasteiger partial charge in [-0.3, -0.25) is 4.79 Å². The van der Waals surface area contributed by atoms with E-state index in [1.165, 1.54) is 18.5 Å². The molecule has 1 saturated heterocycles. The highest BCUT2D eigenvalue weighted by molar-refractivity contribution is 5.89. The molecule has 1 N–H and O–H groups in total. The van der Waals surface area contributed by atoms with Crippen LogP contribution in [0.2, 0.25) is 0 Å². The lowest BCUT2D eigenvalue weighted by Crippen LogP contribution is -2.30. The van der Waals surface area contributed by atoms with E-state index in [0.29, 0.717) is 35.7 Å². The minimum Gasteiger partial charge on any atom is -0.364 e. The van der Waals surface area contributed by atoms with Crippen LogP contribution < -0.4 is 5.32 Å². The maximum Gasteiger partial charge on any atom is 0.225 e. The van der Waals surface area contributed by atoms with Gasteiger partial charge in [-0.2, -0.15) is 0 Å². The van der Waals surface area contributed by atoms with Crippen molar-refractivity contribution in [2.24, 2.45) is 0 Å². The highest BCUT2D eigenvalue weighted by Crippen LogP contribution is 2.31. The molecule has 0 radical (unpaired) electrons.